The van der Waals surface area contributed by atoms with Crippen molar-refractivity contribution in [1.29, 1.82) is 0 Å². The third kappa shape index (κ3) is 3.19. The average Bonchev–Trinajstić information content (AvgIpc) is 2.39. The highest BCUT2D eigenvalue weighted by Crippen LogP contribution is 2.16. The molecule has 1 aromatic heterocycles. The van der Waals surface area contributed by atoms with Gasteiger partial charge in [0.05, 0.1) is 19.3 Å². The minimum Gasteiger partial charge on any atom is -0.378 e. The molecule has 0 spiro atoms. The van der Waals surface area contributed by atoms with E-state index in [4.69, 9.17) is 4.74 Å². The van der Waals surface area contributed by atoms with Crippen LogP contribution in [-0.2, 0) is 11.3 Å². The zero-order chi connectivity index (χ0) is 13.9. The van der Waals surface area contributed by atoms with Crippen LogP contribution in [0.3, 0.4) is 0 Å². The van der Waals surface area contributed by atoms with Crippen molar-refractivity contribution in [2.75, 3.05) is 39.4 Å². The summed E-state index contributed by atoms with van der Waals surface area (Å²) >= 11 is 0. The normalized spacial score (nSPS) is 22.1. The minimum absolute atomic E-state index is 0.511. The molecule has 0 unspecified atom stereocenters. The zero-order valence-electron chi connectivity index (χ0n) is 12.6. The van der Waals surface area contributed by atoms with Crippen molar-refractivity contribution >= 4 is 0 Å². The number of ether oxygens (including phenoxy) is 1. The van der Waals surface area contributed by atoms with Gasteiger partial charge in [-0.3, -0.25) is 14.8 Å². The first-order chi connectivity index (χ1) is 9.72. The van der Waals surface area contributed by atoms with Gasteiger partial charge in [-0.1, -0.05) is 19.9 Å². The molecule has 0 aromatic carbocycles. The molecule has 1 aromatic rings. The van der Waals surface area contributed by atoms with Gasteiger partial charge in [0.25, 0.3) is 0 Å². The maximum absolute atomic E-state index is 5.28. The Morgan fingerprint density at radius 2 is 1.95 bits per heavy atom. The molecule has 3 rings (SSSR count). The van der Waals surface area contributed by atoms with Crippen molar-refractivity contribution < 1.29 is 4.74 Å². The van der Waals surface area contributed by atoms with Gasteiger partial charge in [0.15, 0.2) is 0 Å². The van der Waals surface area contributed by atoms with E-state index >= 15 is 0 Å². The molecule has 0 atom stereocenters. The van der Waals surface area contributed by atoms with Gasteiger partial charge in [-0.25, -0.2) is 0 Å². The quantitative estimate of drug-likeness (QED) is 0.836. The largest absolute Gasteiger partial charge is 0.378 e. The highest BCUT2D eigenvalue weighted by Gasteiger charge is 2.28. The summed E-state index contributed by atoms with van der Waals surface area (Å²) in [5, 5.41) is 0. The molecular weight excluding hydrogens is 250 g/mol. The highest BCUT2D eigenvalue weighted by atomic mass is 16.5. The lowest BCUT2D eigenvalue weighted by atomic mass is 10.1. The molecule has 0 aliphatic carbocycles. The van der Waals surface area contributed by atoms with Crippen LogP contribution in [0, 0.1) is 0 Å². The number of rotatable bonds is 4. The summed E-state index contributed by atoms with van der Waals surface area (Å²) in [6.45, 7) is 11.9. The number of hydrogen-bond donors (Lipinski definition) is 0. The molecule has 110 valence electrons. The van der Waals surface area contributed by atoms with E-state index in [-0.39, 0.29) is 0 Å². The molecule has 4 nitrogen and oxygen atoms in total. The van der Waals surface area contributed by atoms with Gasteiger partial charge in [0, 0.05) is 44.6 Å². The molecular formula is C16H25N3O. The fourth-order valence-electron chi connectivity index (χ4n) is 2.85. The predicted molar refractivity (Wildman–Crippen MR) is 79.8 cm³/mol. The second-order valence-corrected chi connectivity index (χ2v) is 6.25. The van der Waals surface area contributed by atoms with Gasteiger partial charge in [0.1, 0.15) is 0 Å². The smallest absolute Gasteiger partial charge is 0.0645 e. The van der Waals surface area contributed by atoms with Crippen LogP contribution in [0.25, 0.3) is 0 Å². The second-order valence-electron chi connectivity index (χ2n) is 6.25. The molecule has 2 aliphatic heterocycles. The molecule has 4 heteroatoms. The number of nitrogens with zero attached hydrogens (tertiary/aromatic N) is 3. The molecule has 0 amide bonds. The van der Waals surface area contributed by atoms with Crippen LogP contribution in [0.4, 0.5) is 0 Å². The van der Waals surface area contributed by atoms with E-state index in [0.717, 1.165) is 32.8 Å². The van der Waals surface area contributed by atoms with Crippen LogP contribution in [0.5, 0.6) is 0 Å². The highest BCUT2D eigenvalue weighted by molar-refractivity contribution is 5.16. The van der Waals surface area contributed by atoms with Gasteiger partial charge < -0.3 is 4.74 Å². The van der Waals surface area contributed by atoms with Crippen LogP contribution >= 0.6 is 0 Å². The van der Waals surface area contributed by atoms with Crippen LogP contribution in [0.1, 0.15) is 31.0 Å². The maximum atomic E-state index is 5.28. The lowest BCUT2D eigenvalue weighted by Crippen LogP contribution is -2.56. The minimum atomic E-state index is 0.511. The first kappa shape index (κ1) is 14.0. The van der Waals surface area contributed by atoms with E-state index in [1.807, 2.05) is 6.20 Å². The molecule has 0 radical (unpaired) electrons. The molecule has 20 heavy (non-hydrogen) atoms. The van der Waals surface area contributed by atoms with Crippen molar-refractivity contribution in [3.05, 3.63) is 29.6 Å². The Morgan fingerprint density at radius 3 is 2.45 bits per heavy atom. The van der Waals surface area contributed by atoms with Crippen molar-refractivity contribution in [3.8, 4) is 0 Å². The Hall–Kier alpha value is -0.970. The fraction of sp³-hybridized carbons (Fsp3) is 0.688. The first-order valence-electron chi connectivity index (χ1n) is 7.71. The van der Waals surface area contributed by atoms with Crippen molar-refractivity contribution in [1.82, 2.24) is 14.8 Å². The molecule has 0 N–H and O–H groups in total. The lowest BCUT2D eigenvalue weighted by Gasteiger charge is -2.42. The molecule has 2 aliphatic rings. The van der Waals surface area contributed by atoms with Gasteiger partial charge in [-0.2, -0.15) is 0 Å². The Kier molecular flexibility index (Phi) is 4.34. The number of aromatic nitrogens is 1. The molecule has 3 heterocycles. The van der Waals surface area contributed by atoms with Gasteiger partial charge in [0.2, 0.25) is 0 Å². The molecule has 0 saturated carbocycles. The predicted octanol–water partition coefficient (Wildman–Crippen LogP) is 1.72. The number of piperazine rings is 1. The van der Waals surface area contributed by atoms with Gasteiger partial charge >= 0.3 is 0 Å². The fourth-order valence-corrected chi connectivity index (χ4v) is 2.85. The monoisotopic (exact) mass is 275 g/mol. The SMILES string of the molecule is CC(C)c1ccc(CN2CCN(C3COC3)CC2)cn1. The third-order valence-electron chi connectivity index (χ3n) is 4.39. The van der Waals surface area contributed by atoms with Crippen LogP contribution in [0.15, 0.2) is 18.3 Å². The Morgan fingerprint density at radius 1 is 1.20 bits per heavy atom. The summed E-state index contributed by atoms with van der Waals surface area (Å²) in [4.78, 5) is 9.66. The molecule has 2 fully saturated rings. The van der Waals surface area contributed by atoms with Crippen LogP contribution in [0.2, 0.25) is 0 Å². The summed E-state index contributed by atoms with van der Waals surface area (Å²) in [7, 11) is 0. The first-order valence-corrected chi connectivity index (χ1v) is 7.71. The van der Waals surface area contributed by atoms with E-state index in [1.54, 1.807) is 0 Å². The molecule has 2 saturated heterocycles. The average molecular weight is 275 g/mol. The summed E-state index contributed by atoms with van der Waals surface area (Å²) in [6, 6.07) is 5.08. The van der Waals surface area contributed by atoms with Crippen molar-refractivity contribution in [3.63, 3.8) is 0 Å². The van der Waals surface area contributed by atoms with Crippen LogP contribution < -0.4 is 0 Å². The Balaban J connectivity index is 1.49. The van der Waals surface area contributed by atoms with Gasteiger partial charge in [-0.05, 0) is 17.5 Å². The summed E-state index contributed by atoms with van der Waals surface area (Å²) in [5.41, 5.74) is 2.51. The number of pyridine rings is 1. The standard InChI is InChI=1S/C16H25N3O/c1-13(2)16-4-3-14(9-17-16)10-18-5-7-19(8-6-18)15-11-20-12-15/h3-4,9,13,15H,5-8,10-12H2,1-2H3. The second kappa shape index (κ2) is 6.20. The topological polar surface area (TPSA) is 28.6 Å². The summed E-state index contributed by atoms with van der Waals surface area (Å²) in [6.07, 6.45) is 2.04. The van der Waals surface area contributed by atoms with E-state index < -0.39 is 0 Å². The maximum Gasteiger partial charge on any atom is 0.0645 e. The summed E-state index contributed by atoms with van der Waals surface area (Å²) in [5.74, 6) is 0.511. The van der Waals surface area contributed by atoms with Crippen LogP contribution in [-0.4, -0.2) is 60.2 Å². The Labute approximate surface area is 121 Å². The van der Waals surface area contributed by atoms with Crippen molar-refractivity contribution in [2.45, 2.75) is 32.4 Å². The third-order valence-corrected chi connectivity index (χ3v) is 4.39. The molecule has 0 bridgehead atoms. The van der Waals surface area contributed by atoms with E-state index in [9.17, 15) is 0 Å². The van der Waals surface area contributed by atoms with E-state index in [1.165, 1.54) is 24.3 Å². The Bertz CT molecular complexity index is 420. The van der Waals surface area contributed by atoms with Crippen molar-refractivity contribution in [2.24, 2.45) is 0 Å². The van der Waals surface area contributed by atoms with Gasteiger partial charge in [-0.15, -0.1) is 0 Å². The summed E-state index contributed by atoms with van der Waals surface area (Å²) < 4.78 is 5.28. The van der Waals surface area contributed by atoms with E-state index in [2.05, 4.69) is 40.8 Å². The van der Waals surface area contributed by atoms with E-state index in [0.29, 0.717) is 12.0 Å². The number of hydrogen-bond acceptors (Lipinski definition) is 4. The lowest BCUT2D eigenvalue weighted by molar-refractivity contribution is -0.0774. The zero-order valence-corrected chi connectivity index (χ0v) is 12.6.